The molecule has 0 fully saturated rings. The number of aryl methyl sites for hydroxylation is 2. The minimum atomic E-state index is -3.86. The smallest absolute Gasteiger partial charge is 0.251 e. The third-order valence-corrected chi connectivity index (χ3v) is 8.72. The number of phenols is 1. The Morgan fingerprint density at radius 3 is 2.43 bits per heavy atom. The van der Waals surface area contributed by atoms with Crippen LogP contribution >= 0.6 is 0 Å². The first kappa shape index (κ1) is 31.7. The molecule has 0 saturated carbocycles. The number of H-pyrrole nitrogens is 1. The van der Waals surface area contributed by atoms with E-state index in [4.69, 9.17) is 0 Å². The van der Waals surface area contributed by atoms with Gasteiger partial charge in [0.05, 0.1) is 22.5 Å². The Kier molecular flexibility index (Phi) is 9.94. The van der Waals surface area contributed by atoms with Crippen molar-refractivity contribution in [3.05, 3.63) is 130 Å². The van der Waals surface area contributed by atoms with Crippen LogP contribution in [0.4, 0.5) is 0 Å². The molecule has 2 heterocycles. The normalized spacial score (nSPS) is 11.0. The predicted octanol–water partition coefficient (Wildman–Crippen LogP) is 3.52. The molecule has 2 aromatic heterocycles. The third kappa shape index (κ3) is 8.49. The average Bonchev–Trinajstić information content (AvgIpc) is 3.72. The number of nitrogens with zero attached hydrogens (tertiary/aromatic N) is 3. The van der Waals surface area contributed by atoms with E-state index in [1.54, 1.807) is 80.2 Å². The Balaban J connectivity index is 1.33. The Hall–Kier alpha value is -5.67. The van der Waals surface area contributed by atoms with E-state index in [9.17, 15) is 23.1 Å². The zero-order valence-corrected chi connectivity index (χ0v) is 25.8. The van der Waals surface area contributed by atoms with Gasteiger partial charge < -0.3 is 15.7 Å². The minimum absolute atomic E-state index is 0.00916. The Bertz CT molecular complexity index is 2010. The SMILES string of the molecule is Cn1ccc(CS(=O)(=O)c2ccc(C(=O)NCCCc3cn[nH]c3)cc2C#Cc2ccc(C(=O)NCc3cccc(O)c3)cc2)n1. The standard InChI is InChI=1S/C34H32N6O5S/c1-40-17-15-30(39-40)23-46(44,45)32-14-13-29(34(43)35-16-3-5-26-21-37-38-22-26)19-28(32)12-9-24-7-10-27(11-8-24)33(42)36-20-25-4-2-6-31(41)18-25/h2,4,6-8,10-11,13-15,17-19,21-22,41H,3,5,16,20,23H2,1H3,(H,35,43)(H,36,42)(H,37,38). The molecule has 0 unspecified atom stereocenters. The molecule has 3 aromatic carbocycles. The van der Waals surface area contributed by atoms with Crippen LogP contribution in [0.3, 0.4) is 0 Å². The number of aromatic hydroxyl groups is 1. The number of nitrogens with one attached hydrogen (secondary N) is 3. The third-order valence-electron chi connectivity index (χ3n) is 7.02. The van der Waals surface area contributed by atoms with E-state index < -0.39 is 9.84 Å². The molecule has 46 heavy (non-hydrogen) atoms. The molecule has 0 saturated heterocycles. The van der Waals surface area contributed by atoms with Crippen molar-refractivity contribution in [2.75, 3.05) is 6.54 Å². The number of hydrogen-bond acceptors (Lipinski definition) is 7. The van der Waals surface area contributed by atoms with Gasteiger partial charge in [0.25, 0.3) is 11.8 Å². The van der Waals surface area contributed by atoms with Gasteiger partial charge in [0.15, 0.2) is 9.84 Å². The van der Waals surface area contributed by atoms with Crippen LogP contribution in [0, 0.1) is 11.8 Å². The summed E-state index contributed by atoms with van der Waals surface area (Å²) in [5.41, 5.74) is 3.60. The minimum Gasteiger partial charge on any atom is -0.508 e. The second kappa shape index (κ2) is 14.4. The highest BCUT2D eigenvalue weighted by Crippen LogP contribution is 2.22. The Labute approximate surface area is 266 Å². The van der Waals surface area contributed by atoms with Gasteiger partial charge >= 0.3 is 0 Å². The van der Waals surface area contributed by atoms with Crippen LogP contribution in [-0.4, -0.2) is 51.9 Å². The number of sulfone groups is 1. The molecule has 0 aliphatic carbocycles. The van der Waals surface area contributed by atoms with Gasteiger partial charge in [0.2, 0.25) is 0 Å². The lowest BCUT2D eigenvalue weighted by atomic mass is 10.1. The summed E-state index contributed by atoms with van der Waals surface area (Å²) in [6.45, 7) is 0.678. The van der Waals surface area contributed by atoms with E-state index in [-0.39, 0.29) is 45.9 Å². The summed E-state index contributed by atoms with van der Waals surface area (Å²) in [5, 5.41) is 26.2. The number of amides is 2. The highest BCUT2D eigenvalue weighted by molar-refractivity contribution is 7.90. The van der Waals surface area contributed by atoms with Crippen molar-refractivity contribution >= 4 is 21.7 Å². The maximum absolute atomic E-state index is 13.5. The fourth-order valence-corrected chi connectivity index (χ4v) is 6.08. The lowest BCUT2D eigenvalue weighted by Crippen LogP contribution is -2.25. The number of carbonyl (C=O) groups is 2. The molecule has 5 rings (SSSR count). The molecule has 0 atom stereocenters. The number of aromatic amines is 1. The molecule has 0 spiro atoms. The summed E-state index contributed by atoms with van der Waals surface area (Å²) < 4.78 is 28.5. The van der Waals surface area contributed by atoms with Crippen LogP contribution in [0.25, 0.3) is 0 Å². The van der Waals surface area contributed by atoms with Crippen molar-refractivity contribution in [2.24, 2.45) is 7.05 Å². The highest BCUT2D eigenvalue weighted by Gasteiger charge is 2.22. The zero-order valence-electron chi connectivity index (χ0n) is 25.0. The van der Waals surface area contributed by atoms with Gasteiger partial charge in [-0.05, 0) is 84.6 Å². The van der Waals surface area contributed by atoms with Crippen molar-refractivity contribution in [1.29, 1.82) is 0 Å². The maximum atomic E-state index is 13.5. The van der Waals surface area contributed by atoms with Crippen LogP contribution in [0.2, 0.25) is 0 Å². The molecule has 11 nitrogen and oxygen atoms in total. The molecule has 4 N–H and O–H groups in total. The van der Waals surface area contributed by atoms with Crippen LogP contribution < -0.4 is 10.6 Å². The Morgan fingerprint density at radius 1 is 0.935 bits per heavy atom. The summed E-state index contributed by atoms with van der Waals surface area (Å²) in [6.07, 6.45) is 6.66. The van der Waals surface area contributed by atoms with Gasteiger partial charge in [-0.15, -0.1) is 0 Å². The molecule has 2 amide bonds. The summed E-state index contributed by atoms with van der Waals surface area (Å²) in [6, 6.07) is 19.2. The quantitative estimate of drug-likeness (QED) is 0.128. The second-order valence-electron chi connectivity index (χ2n) is 10.6. The lowest BCUT2D eigenvalue weighted by Gasteiger charge is -2.09. The topological polar surface area (TPSA) is 159 Å². The number of benzene rings is 3. The van der Waals surface area contributed by atoms with Gasteiger partial charge in [0.1, 0.15) is 5.75 Å². The van der Waals surface area contributed by atoms with E-state index in [0.717, 1.165) is 17.5 Å². The number of aromatic nitrogens is 4. The second-order valence-corrected chi connectivity index (χ2v) is 12.6. The first-order valence-electron chi connectivity index (χ1n) is 14.5. The van der Waals surface area contributed by atoms with E-state index in [1.807, 2.05) is 0 Å². The molecule has 0 aliphatic heterocycles. The summed E-state index contributed by atoms with van der Waals surface area (Å²) in [4.78, 5) is 25.6. The molecule has 5 aromatic rings. The molecule has 12 heteroatoms. The lowest BCUT2D eigenvalue weighted by molar-refractivity contribution is 0.0944. The van der Waals surface area contributed by atoms with Gasteiger partial charge in [-0.25, -0.2) is 8.42 Å². The first-order valence-corrected chi connectivity index (χ1v) is 16.1. The van der Waals surface area contributed by atoms with Crippen molar-refractivity contribution in [2.45, 2.75) is 30.0 Å². The molecular weight excluding hydrogens is 604 g/mol. The number of carbonyl (C=O) groups excluding carboxylic acids is 2. The van der Waals surface area contributed by atoms with E-state index >= 15 is 0 Å². The summed E-state index contributed by atoms with van der Waals surface area (Å²) in [5.74, 6) is 5.07. The van der Waals surface area contributed by atoms with Crippen LogP contribution in [0.15, 0.2) is 96.3 Å². The number of hydrogen-bond donors (Lipinski definition) is 4. The van der Waals surface area contributed by atoms with Crippen molar-refractivity contribution in [3.8, 4) is 17.6 Å². The van der Waals surface area contributed by atoms with Gasteiger partial charge in [-0.2, -0.15) is 10.2 Å². The average molecular weight is 637 g/mol. The zero-order chi connectivity index (χ0) is 32.5. The summed E-state index contributed by atoms with van der Waals surface area (Å²) >= 11 is 0. The Morgan fingerprint density at radius 2 is 1.72 bits per heavy atom. The van der Waals surface area contributed by atoms with Gasteiger partial charge in [-0.1, -0.05) is 24.0 Å². The molecule has 0 aliphatic rings. The largest absolute Gasteiger partial charge is 0.508 e. The van der Waals surface area contributed by atoms with Crippen LogP contribution in [0.1, 0.15) is 55.1 Å². The predicted molar refractivity (Wildman–Crippen MR) is 171 cm³/mol. The maximum Gasteiger partial charge on any atom is 0.251 e. The molecule has 0 radical (unpaired) electrons. The summed E-state index contributed by atoms with van der Waals surface area (Å²) in [7, 11) is -2.15. The molecule has 0 bridgehead atoms. The van der Waals surface area contributed by atoms with E-state index in [1.165, 1.54) is 22.9 Å². The monoisotopic (exact) mass is 636 g/mol. The van der Waals surface area contributed by atoms with Crippen molar-refractivity contribution < 1.29 is 23.1 Å². The van der Waals surface area contributed by atoms with Crippen LogP contribution in [-0.2, 0) is 35.6 Å². The number of rotatable bonds is 11. The molecular formula is C34H32N6O5S. The number of phenolic OH excluding ortho intramolecular Hbond substituents is 1. The van der Waals surface area contributed by atoms with Gasteiger partial charge in [0, 0.05) is 54.8 Å². The van der Waals surface area contributed by atoms with E-state index in [2.05, 4.69) is 37.8 Å². The van der Waals surface area contributed by atoms with Crippen molar-refractivity contribution in [3.63, 3.8) is 0 Å². The van der Waals surface area contributed by atoms with Crippen molar-refractivity contribution in [1.82, 2.24) is 30.6 Å². The van der Waals surface area contributed by atoms with Gasteiger partial charge in [-0.3, -0.25) is 19.4 Å². The molecule has 234 valence electrons. The highest BCUT2D eigenvalue weighted by atomic mass is 32.2. The fraction of sp³-hybridized carbons (Fsp3) is 0.176. The van der Waals surface area contributed by atoms with E-state index in [0.29, 0.717) is 29.8 Å². The first-order chi connectivity index (χ1) is 22.2. The van der Waals surface area contributed by atoms with Crippen LogP contribution in [0.5, 0.6) is 5.75 Å². The fourth-order valence-electron chi connectivity index (χ4n) is 4.66.